The second kappa shape index (κ2) is 4.83. The third-order valence-corrected chi connectivity index (χ3v) is 3.14. The molecule has 3 nitrogen and oxygen atoms in total. The summed E-state index contributed by atoms with van der Waals surface area (Å²) in [6.45, 7) is 6.14. The molecule has 0 aromatic carbocycles. The number of aliphatic hydroxyl groups is 1. The standard InChI is InChI=1S/C13H20N2O/c1-10(2)12-4-3-5-13(14-12)15-8-6-11(16)7-9-15/h3-5,10-11,16H,6-9H2,1-2H3. The molecule has 1 N–H and O–H groups in total. The Hall–Kier alpha value is -1.09. The van der Waals surface area contributed by atoms with Crippen LogP contribution in [0.15, 0.2) is 18.2 Å². The van der Waals surface area contributed by atoms with E-state index >= 15 is 0 Å². The summed E-state index contributed by atoms with van der Waals surface area (Å²) in [4.78, 5) is 6.93. The molecule has 1 saturated heterocycles. The zero-order chi connectivity index (χ0) is 11.5. The molecule has 0 unspecified atom stereocenters. The number of anilines is 1. The van der Waals surface area contributed by atoms with Gasteiger partial charge in [0, 0.05) is 18.8 Å². The van der Waals surface area contributed by atoms with Crippen LogP contribution in [0.4, 0.5) is 5.82 Å². The van der Waals surface area contributed by atoms with Crippen molar-refractivity contribution in [1.82, 2.24) is 4.98 Å². The minimum absolute atomic E-state index is 0.121. The molecule has 88 valence electrons. The molecule has 2 heterocycles. The monoisotopic (exact) mass is 220 g/mol. The van der Waals surface area contributed by atoms with Gasteiger partial charge in [-0.3, -0.25) is 0 Å². The van der Waals surface area contributed by atoms with E-state index in [9.17, 15) is 5.11 Å². The van der Waals surface area contributed by atoms with Gasteiger partial charge in [0.2, 0.25) is 0 Å². The summed E-state index contributed by atoms with van der Waals surface area (Å²) in [5, 5.41) is 9.47. The van der Waals surface area contributed by atoms with Crippen molar-refractivity contribution < 1.29 is 5.11 Å². The Bertz CT molecular complexity index is 344. The Kier molecular flexibility index (Phi) is 3.44. The normalized spacial score (nSPS) is 18.1. The predicted molar refractivity (Wildman–Crippen MR) is 65.8 cm³/mol. The zero-order valence-electron chi connectivity index (χ0n) is 10.1. The van der Waals surface area contributed by atoms with Crippen molar-refractivity contribution in [2.75, 3.05) is 18.0 Å². The highest BCUT2D eigenvalue weighted by molar-refractivity contribution is 5.40. The van der Waals surface area contributed by atoms with Gasteiger partial charge < -0.3 is 10.0 Å². The van der Waals surface area contributed by atoms with Crippen LogP contribution < -0.4 is 4.90 Å². The number of hydrogen-bond donors (Lipinski definition) is 1. The van der Waals surface area contributed by atoms with Crippen LogP contribution in [-0.4, -0.2) is 29.3 Å². The summed E-state index contributed by atoms with van der Waals surface area (Å²) < 4.78 is 0. The fourth-order valence-corrected chi connectivity index (χ4v) is 2.03. The highest BCUT2D eigenvalue weighted by atomic mass is 16.3. The lowest BCUT2D eigenvalue weighted by Gasteiger charge is -2.30. The van der Waals surface area contributed by atoms with E-state index in [1.165, 1.54) is 0 Å². The van der Waals surface area contributed by atoms with Crippen LogP contribution in [0, 0.1) is 0 Å². The summed E-state index contributed by atoms with van der Waals surface area (Å²) in [7, 11) is 0. The maximum Gasteiger partial charge on any atom is 0.128 e. The first-order valence-corrected chi connectivity index (χ1v) is 6.07. The molecule has 0 amide bonds. The Morgan fingerprint density at radius 1 is 1.31 bits per heavy atom. The van der Waals surface area contributed by atoms with Gasteiger partial charge in [-0.2, -0.15) is 0 Å². The summed E-state index contributed by atoms with van der Waals surface area (Å²) in [5.41, 5.74) is 1.14. The molecule has 3 heteroatoms. The molecule has 1 aromatic rings. The number of piperidine rings is 1. The minimum atomic E-state index is -0.121. The van der Waals surface area contributed by atoms with Crippen LogP contribution >= 0.6 is 0 Å². The van der Waals surface area contributed by atoms with E-state index in [-0.39, 0.29) is 6.10 Å². The molecular weight excluding hydrogens is 200 g/mol. The zero-order valence-corrected chi connectivity index (χ0v) is 10.1. The largest absolute Gasteiger partial charge is 0.393 e. The minimum Gasteiger partial charge on any atom is -0.393 e. The fourth-order valence-electron chi connectivity index (χ4n) is 2.03. The van der Waals surface area contributed by atoms with Crippen molar-refractivity contribution in [1.29, 1.82) is 0 Å². The van der Waals surface area contributed by atoms with Crippen LogP contribution in [0.25, 0.3) is 0 Å². The van der Waals surface area contributed by atoms with E-state index in [1.54, 1.807) is 0 Å². The molecular formula is C13H20N2O. The van der Waals surface area contributed by atoms with Crippen LogP contribution in [0.3, 0.4) is 0 Å². The van der Waals surface area contributed by atoms with Gasteiger partial charge in [0.1, 0.15) is 5.82 Å². The highest BCUT2D eigenvalue weighted by Gasteiger charge is 2.18. The lowest BCUT2D eigenvalue weighted by molar-refractivity contribution is 0.145. The lowest BCUT2D eigenvalue weighted by atomic mass is 10.1. The third-order valence-electron chi connectivity index (χ3n) is 3.14. The van der Waals surface area contributed by atoms with Crippen LogP contribution in [0.2, 0.25) is 0 Å². The first-order valence-electron chi connectivity index (χ1n) is 6.07. The van der Waals surface area contributed by atoms with Crippen molar-refractivity contribution in [2.45, 2.75) is 38.7 Å². The number of rotatable bonds is 2. The van der Waals surface area contributed by atoms with E-state index < -0.39 is 0 Å². The van der Waals surface area contributed by atoms with Gasteiger partial charge in [0.25, 0.3) is 0 Å². The number of pyridine rings is 1. The second-order valence-electron chi connectivity index (χ2n) is 4.79. The summed E-state index contributed by atoms with van der Waals surface area (Å²) in [5.74, 6) is 1.52. The maximum atomic E-state index is 9.47. The molecule has 2 rings (SSSR count). The predicted octanol–water partition coefficient (Wildman–Crippen LogP) is 2.17. The molecule has 1 fully saturated rings. The van der Waals surface area contributed by atoms with Crippen molar-refractivity contribution >= 4 is 5.82 Å². The van der Waals surface area contributed by atoms with E-state index in [4.69, 9.17) is 0 Å². The smallest absolute Gasteiger partial charge is 0.128 e. The fraction of sp³-hybridized carbons (Fsp3) is 0.615. The Morgan fingerprint density at radius 3 is 2.62 bits per heavy atom. The Morgan fingerprint density at radius 2 is 2.00 bits per heavy atom. The molecule has 0 spiro atoms. The van der Waals surface area contributed by atoms with Crippen LogP contribution in [-0.2, 0) is 0 Å². The van der Waals surface area contributed by atoms with Gasteiger partial charge in [-0.1, -0.05) is 19.9 Å². The van der Waals surface area contributed by atoms with Gasteiger partial charge in [0.15, 0.2) is 0 Å². The van der Waals surface area contributed by atoms with Crippen molar-refractivity contribution in [3.8, 4) is 0 Å². The maximum absolute atomic E-state index is 9.47. The van der Waals surface area contributed by atoms with Gasteiger partial charge in [-0.25, -0.2) is 4.98 Å². The average molecular weight is 220 g/mol. The SMILES string of the molecule is CC(C)c1cccc(N2CCC(O)CC2)n1. The number of aliphatic hydroxyl groups excluding tert-OH is 1. The van der Waals surface area contributed by atoms with Gasteiger partial charge in [-0.05, 0) is 30.9 Å². The summed E-state index contributed by atoms with van der Waals surface area (Å²) >= 11 is 0. The summed E-state index contributed by atoms with van der Waals surface area (Å²) in [6.07, 6.45) is 1.59. The Balaban J connectivity index is 2.11. The first kappa shape index (κ1) is 11.4. The molecule has 1 aromatic heterocycles. The van der Waals surface area contributed by atoms with Crippen molar-refractivity contribution in [3.63, 3.8) is 0 Å². The molecule has 0 bridgehead atoms. The highest BCUT2D eigenvalue weighted by Crippen LogP contribution is 2.20. The van der Waals surface area contributed by atoms with Gasteiger partial charge in [0.05, 0.1) is 6.10 Å². The average Bonchev–Trinajstić information content (AvgIpc) is 2.30. The van der Waals surface area contributed by atoms with Gasteiger partial charge in [-0.15, -0.1) is 0 Å². The molecule has 1 aliphatic rings. The van der Waals surface area contributed by atoms with E-state index in [0.717, 1.165) is 37.4 Å². The van der Waals surface area contributed by atoms with Crippen LogP contribution in [0.5, 0.6) is 0 Å². The second-order valence-corrected chi connectivity index (χ2v) is 4.79. The molecule has 1 aliphatic heterocycles. The number of hydrogen-bond acceptors (Lipinski definition) is 3. The van der Waals surface area contributed by atoms with Crippen LogP contribution in [0.1, 0.15) is 38.3 Å². The molecule has 0 saturated carbocycles. The molecule has 16 heavy (non-hydrogen) atoms. The molecule has 0 aliphatic carbocycles. The lowest BCUT2D eigenvalue weighted by Crippen LogP contribution is -2.36. The van der Waals surface area contributed by atoms with E-state index in [0.29, 0.717) is 5.92 Å². The molecule has 0 atom stereocenters. The van der Waals surface area contributed by atoms with Crippen molar-refractivity contribution in [3.05, 3.63) is 23.9 Å². The van der Waals surface area contributed by atoms with Crippen molar-refractivity contribution in [2.24, 2.45) is 0 Å². The number of aromatic nitrogens is 1. The topological polar surface area (TPSA) is 36.4 Å². The number of nitrogens with zero attached hydrogens (tertiary/aromatic N) is 2. The molecule has 0 radical (unpaired) electrons. The summed E-state index contributed by atoms with van der Waals surface area (Å²) in [6, 6.07) is 6.21. The third kappa shape index (κ3) is 2.53. The van der Waals surface area contributed by atoms with Gasteiger partial charge >= 0.3 is 0 Å². The first-order chi connectivity index (χ1) is 7.66. The van der Waals surface area contributed by atoms with E-state index in [1.807, 2.05) is 0 Å². The van der Waals surface area contributed by atoms with E-state index in [2.05, 4.69) is 41.9 Å². The quantitative estimate of drug-likeness (QED) is 0.829. The Labute approximate surface area is 97.1 Å².